The number of carbonyl (C=O) groups is 1. The average molecular weight is 460 g/mol. The molecule has 2 aromatic heterocycles. The van der Waals surface area contributed by atoms with Crippen LogP contribution in [0.3, 0.4) is 0 Å². The van der Waals surface area contributed by atoms with Gasteiger partial charge in [0.25, 0.3) is 11.5 Å². The number of hydrogen-bond donors (Lipinski definition) is 1. The summed E-state index contributed by atoms with van der Waals surface area (Å²) in [4.78, 5) is 27.9. The van der Waals surface area contributed by atoms with Crippen molar-refractivity contribution in [3.63, 3.8) is 0 Å². The third-order valence-electron chi connectivity index (χ3n) is 4.32. The number of nitrogens with one attached hydrogen (secondary N) is 1. The highest BCUT2D eigenvalue weighted by Gasteiger charge is 2.37. The van der Waals surface area contributed by atoms with Gasteiger partial charge in [0.1, 0.15) is 6.33 Å². The van der Waals surface area contributed by atoms with Crippen molar-refractivity contribution >= 4 is 5.91 Å². The van der Waals surface area contributed by atoms with Gasteiger partial charge in [0.2, 0.25) is 0 Å². The maximum Gasteiger partial charge on any atom is 0.416 e. The van der Waals surface area contributed by atoms with Crippen LogP contribution in [0.25, 0.3) is 5.82 Å². The predicted octanol–water partition coefficient (Wildman–Crippen LogP) is 2.89. The van der Waals surface area contributed by atoms with Crippen LogP contribution in [0.4, 0.5) is 26.3 Å². The molecule has 32 heavy (non-hydrogen) atoms. The summed E-state index contributed by atoms with van der Waals surface area (Å²) in [7, 11) is 1.39. The molecule has 0 radical (unpaired) electrons. The van der Waals surface area contributed by atoms with E-state index in [1.807, 2.05) is 0 Å². The number of alkyl halides is 6. The Bertz CT molecular complexity index is 1180. The molecule has 0 spiro atoms. The Kier molecular flexibility index (Phi) is 5.80. The van der Waals surface area contributed by atoms with Crippen molar-refractivity contribution in [3.05, 3.63) is 69.5 Å². The van der Waals surface area contributed by atoms with Crippen molar-refractivity contribution in [1.82, 2.24) is 29.9 Å². The lowest BCUT2D eigenvalue weighted by Crippen LogP contribution is -2.30. The lowest BCUT2D eigenvalue weighted by molar-refractivity contribution is -0.143. The topological polar surface area (TPSA) is 94.7 Å². The second-order valence-corrected chi connectivity index (χ2v) is 6.67. The molecule has 1 unspecified atom stereocenters. The standard InChI is InChI=1S/C18H14F6N6O2/c1-9(15-25-8-26-30(15)13-3-4-14(31)29(2)28-13)27-16(32)10-5-11(17(19,20)21)7-12(6-10)18(22,23)24/h3-9H,1-2H3,(H,27,32). The molecule has 2 heterocycles. The Morgan fingerprint density at radius 1 is 1.03 bits per heavy atom. The number of rotatable bonds is 4. The van der Waals surface area contributed by atoms with E-state index in [0.717, 1.165) is 15.7 Å². The van der Waals surface area contributed by atoms with E-state index in [-0.39, 0.29) is 17.7 Å². The maximum absolute atomic E-state index is 13.0. The van der Waals surface area contributed by atoms with E-state index in [1.54, 1.807) is 0 Å². The third-order valence-corrected chi connectivity index (χ3v) is 4.32. The minimum Gasteiger partial charge on any atom is -0.342 e. The van der Waals surface area contributed by atoms with Gasteiger partial charge in [-0.25, -0.2) is 9.67 Å². The summed E-state index contributed by atoms with van der Waals surface area (Å²) in [5.74, 6) is -0.955. The number of nitrogens with zero attached hydrogens (tertiary/aromatic N) is 5. The zero-order chi connectivity index (χ0) is 23.8. The van der Waals surface area contributed by atoms with Crippen molar-refractivity contribution in [2.45, 2.75) is 25.3 Å². The first-order valence-electron chi connectivity index (χ1n) is 8.82. The second kappa shape index (κ2) is 8.09. The molecule has 1 N–H and O–H groups in total. The Morgan fingerprint density at radius 2 is 1.62 bits per heavy atom. The molecular formula is C18H14F6N6O2. The largest absolute Gasteiger partial charge is 0.416 e. The number of aryl methyl sites for hydroxylation is 1. The molecular weight excluding hydrogens is 446 g/mol. The molecule has 3 aromatic rings. The molecule has 3 rings (SSSR count). The van der Waals surface area contributed by atoms with E-state index in [2.05, 4.69) is 20.5 Å². The van der Waals surface area contributed by atoms with Gasteiger partial charge in [0.05, 0.1) is 17.2 Å². The molecule has 1 atom stereocenters. The zero-order valence-corrected chi connectivity index (χ0v) is 16.4. The van der Waals surface area contributed by atoms with Gasteiger partial charge >= 0.3 is 12.4 Å². The number of benzene rings is 1. The molecule has 0 saturated carbocycles. The van der Waals surface area contributed by atoms with E-state index < -0.39 is 46.6 Å². The van der Waals surface area contributed by atoms with Crippen LogP contribution in [0.1, 0.15) is 40.3 Å². The fraction of sp³-hybridized carbons (Fsp3) is 0.278. The minimum atomic E-state index is -5.09. The van der Waals surface area contributed by atoms with Crippen molar-refractivity contribution in [1.29, 1.82) is 0 Å². The molecule has 8 nitrogen and oxygen atoms in total. The summed E-state index contributed by atoms with van der Waals surface area (Å²) in [5, 5.41) is 10.2. The molecule has 0 fully saturated rings. The van der Waals surface area contributed by atoms with Crippen LogP contribution in [-0.4, -0.2) is 30.5 Å². The average Bonchev–Trinajstić information content (AvgIpc) is 3.18. The van der Waals surface area contributed by atoms with Gasteiger partial charge in [-0.15, -0.1) is 5.10 Å². The van der Waals surface area contributed by atoms with Gasteiger partial charge in [-0.05, 0) is 31.2 Å². The smallest absolute Gasteiger partial charge is 0.342 e. The number of carbonyl (C=O) groups excluding carboxylic acids is 1. The van der Waals surface area contributed by atoms with Crippen LogP contribution in [0.15, 0.2) is 41.5 Å². The molecule has 14 heteroatoms. The normalized spacial score (nSPS) is 13.1. The van der Waals surface area contributed by atoms with Crippen molar-refractivity contribution in [2.75, 3.05) is 0 Å². The van der Waals surface area contributed by atoms with E-state index in [0.29, 0.717) is 12.1 Å². The summed E-state index contributed by atoms with van der Waals surface area (Å²) in [5.41, 5.74) is -4.45. The molecule has 1 amide bonds. The number of aromatic nitrogens is 5. The molecule has 0 saturated heterocycles. The van der Waals surface area contributed by atoms with E-state index >= 15 is 0 Å². The minimum absolute atomic E-state index is 0.0673. The van der Waals surface area contributed by atoms with Gasteiger partial charge in [-0.1, -0.05) is 0 Å². The molecule has 170 valence electrons. The summed E-state index contributed by atoms with van der Waals surface area (Å²) >= 11 is 0. The summed E-state index contributed by atoms with van der Waals surface area (Å²) in [6.45, 7) is 1.40. The lowest BCUT2D eigenvalue weighted by atomic mass is 10.0. The molecule has 0 aliphatic carbocycles. The van der Waals surface area contributed by atoms with Crippen LogP contribution in [-0.2, 0) is 19.4 Å². The fourth-order valence-corrected chi connectivity index (χ4v) is 2.76. The lowest BCUT2D eigenvalue weighted by Gasteiger charge is -2.17. The van der Waals surface area contributed by atoms with Crippen LogP contribution in [0, 0.1) is 0 Å². The van der Waals surface area contributed by atoms with E-state index in [4.69, 9.17) is 0 Å². The Balaban J connectivity index is 1.92. The Labute approximate surface area is 175 Å². The van der Waals surface area contributed by atoms with Crippen LogP contribution < -0.4 is 10.9 Å². The Morgan fingerprint density at radius 3 is 2.16 bits per heavy atom. The summed E-state index contributed by atoms with van der Waals surface area (Å²) < 4.78 is 80.4. The van der Waals surface area contributed by atoms with Crippen molar-refractivity contribution < 1.29 is 31.1 Å². The number of hydrogen-bond acceptors (Lipinski definition) is 5. The van der Waals surface area contributed by atoms with Crippen LogP contribution in [0.5, 0.6) is 0 Å². The van der Waals surface area contributed by atoms with Gasteiger partial charge in [-0.3, -0.25) is 9.59 Å². The molecule has 1 aromatic carbocycles. The quantitative estimate of drug-likeness (QED) is 0.605. The fourth-order valence-electron chi connectivity index (χ4n) is 2.76. The number of amides is 1. The highest BCUT2D eigenvalue weighted by atomic mass is 19.4. The first-order valence-corrected chi connectivity index (χ1v) is 8.82. The highest BCUT2D eigenvalue weighted by Crippen LogP contribution is 2.36. The maximum atomic E-state index is 13.0. The van der Waals surface area contributed by atoms with Crippen molar-refractivity contribution in [2.24, 2.45) is 7.05 Å². The summed E-state index contributed by atoms with van der Waals surface area (Å²) in [6.07, 6.45) is -9.06. The van der Waals surface area contributed by atoms with Gasteiger partial charge in [-0.2, -0.15) is 36.1 Å². The third kappa shape index (κ3) is 4.78. The molecule has 0 aliphatic heterocycles. The first kappa shape index (κ1) is 23.0. The zero-order valence-electron chi connectivity index (χ0n) is 16.4. The Hall–Kier alpha value is -3.71. The monoisotopic (exact) mass is 460 g/mol. The van der Waals surface area contributed by atoms with E-state index in [1.165, 1.54) is 26.1 Å². The van der Waals surface area contributed by atoms with E-state index in [9.17, 15) is 35.9 Å². The molecule has 0 bridgehead atoms. The summed E-state index contributed by atoms with van der Waals surface area (Å²) in [6, 6.07) is 2.14. The SMILES string of the molecule is CC(NC(=O)c1cc(C(F)(F)F)cc(C(F)(F)F)c1)c1ncnn1-c1ccc(=O)n(C)n1. The highest BCUT2D eigenvalue weighted by molar-refractivity contribution is 5.94. The van der Waals surface area contributed by atoms with Gasteiger partial charge < -0.3 is 5.32 Å². The number of halogens is 6. The van der Waals surface area contributed by atoms with Crippen LogP contribution >= 0.6 is 0 Å². The van der Waals surface area contributed by atoms with Gasteiger partial charge in [0.15, 0.2) is 11.6 Å². The van der Waals surface area contributed by atoms with Crippen molar-refractivity contribution in [3.8, 4) is 5.82 Å². The van der Waals surface area contributed by atoms with Crippen LogP contribution in [0.2, 0.25) is 0 Å². The molecule has 0 aliphatic rings. The predicted molar refractivity (Wildman–Crippen MR) is 96.7 cm³/mol. The van der Waals surface area contributed by atoms with Gasteiger partial charge in [0, 0.05) is 18.7 Å². The first-order chi connectivity index (χ1) is 14.8. The second-order valence-electron chi connectivity index (χ2n) is 6.67.